The zero-order chi connectivity index (χ0) is 22.6. The van der Waals surface area contributed by atoms with Gasteiger partial charge in [-0.15, -0.1) is 0 Å². The first-order valence-electron chi connectivity index (χ1n) is 9.72. The van der Waals surface area contributed by atoms with Crippen molar-refractivity contribution in [3.05, 3.63) is 83.2 Å². The van der Waals surface area contributed by atoms with Crippen molar-refractivity contribution in [2.45, 2.75) is 31.6 Å². The normalized spacial score (nSPS) is 11.3. The minimum atomic E-state index is -3.78. The number of aromatic nitrogens is 1. The molecule has 7 nitrogen and oxygen atoms in total. The molecule has 1 aromatic heterocycles. The van der Waals surface area contributed by atoms with Gasteiger partial charge < -0.3 is 9.30 Å². The van der Waals surface area contributed by atoms with Crippen molar-refractivity contribution in [1.29, 1.82) is 0 Å². The first-order valence-corrected chi connectivity index (χ1v) is 11.3. The van der Waals surface area contributed by atoms with E-state index in [1.54, 1.807) is 25.1 Å². The summed E-state index contributed by atoms with van der Waals surface area (Å²) < 4.78 is 29.9. The Hall–Kier alpha value is -3.23. The Labute approximate surface area is 181 Å². The summed E-state index contributed by atoms with van der Waals surface area (Å²) in [5.74, 6) is -0.724. The number of esters is 1. The lowest BCUT2D eigenvalue weighted by Gasteiger charge is -2.10. The number of nitrogens with zero attached hydrogens (tertiary/aromatic N) is 1. The Kier molecular flexibility index (Phi) is 6.72. The highest BCUT2D eigenvalue weighted by molar-refractivity contribution is 7.89. The maximum Gasteiger partial charge on any atom is 0.306 e. The number of aryl methyl sites for hydroxylation is 2. The van der Waals surface area contributed by atoms with Gasteiger partial charge in [0.2, 0.25) is 15.8 Å². The fourth-order valence-corrected chi connectivity index (χ4v) is 3.93. The van der Waals surface area contributed by atoms with Crippen LogP contribution in [0.5, 0.6) is 0 Å². The van der Waals surface area contributed by atoms with Crippen LogP contribution < -0.4 is 5.14 Å². The third kappa shape index (κ3) is 5.48. The van der Waals surface area contributed by atoms with Gasteiger partial charge in [0.05, 0.1) is 4.90 Å². The van der Waals surface area contributed by atoms with E-state index in [9.17, 15) is 18.0 Å². The lowest BCUT2D eigenvalue weighted by Crippen LogP contribution is -2.15. The van der Waals surface area contributed by atoms with Gasteiger partial charge >= 0.3 is 5.97 Å². The first-order chi connectivity index (χ1) is 14.7. The van der Waals surface area contributed by atoms with Crippen LogP contribution in [0, 0.1) is 13.8 Å². The zero-order valence-electron chi connectivity index (χ0n) is 17.4. The van der Waals surface area contributed by atoms with E-state index in [0.717, 1.165) is 11.3 Å². The largest absolute Gasteiger partial charge is 0.457 e. The molecular weight excluding hydrogens is 416 g/mol. The summed E-state index contributed by atoms with van der Waals surface area (Å²) in [6.45, 7) is 3.29. The molecule has 0 aliphatic heterocycles. The monoisotopic (exact) mass is 440 g/mol. The molecule has 3 rings (SSSR count). The predicted octanol–water partition coefficient (Wildman–Crippen LogP) is 3.10. The zero-order valence-corrected chi connectivity index (χ0v) is 18.2. The van der Waals surface area contributed by atoms with Crippen LogP contribution in [0.25, 0.3) is 5.69 Å². The molecule has 0 aliphatic carbocycles. The Bertz CT molecular complexity index is 1200. The van der Waals surface area contributed by atoms with Crippen LogP contribution in [0.2, 0.25) is 0 Å². The Morgan fingerprint density at radius 1 is 1.00 bits per heavy atom. The molecule has 0 atom stereocenters. The second-order valence-corrected chi connectivity index (χ2v) is 8.79. The summed E-state index contributed by atoms with van der Waals surface area (Å²) in [6.07, 6.45) is 0.754. The van der Waals surface area contributed by atoms with E-state index in [-0.39, 0.29) is 23.7 Å². The van der Waals surface area contributed by atoms with Crippen LogP contribution in [0.15, 0.2) is 65.6 Å². The molecule has 0 saturated carbocycles. The van der Waals surface area contributed by atoms with Crippen LogP contribution in [-0.4, -0.2) is 31.3 Å². The number of hydrogen-bond donors (Lipinski definition) is 1. The fourth-order valence-electron chi connectivity index (χ4n) is 3.41. The van der Waals surface area contributed by atoms with E-state index in [1.807, 2.05) is 41.8 Å². The maximum atomic E-state index is 12.6. The SMILES string of the molecule is Cc1cc(C(=O)COC(=O)CCc2ccccc2)c(C)n1-c1ccc(S(N)(=O)=O)cc1. The van der Waals surface area contributed by atoms with E-state index in [1.165, 1.54) is 12.1 Å². The summed E-state index contributed by atoms with van der Waals surface area (Å²) in [4.78, 5) is 24.7. The van der Waals surface area contributed by atoms with Gasteiger partial charge in [-0.05, 0) is 56.2 Å². The quantitative estimate of drug-likeness (QED) is 0.428. The van der Waals surface area contributed by atoms with Crippen LogP contribution in [-0.2, 0) is 26.0 Å². The topological polar surface area (TPSA) is 108 Å². The van der Waals surface area contributed by atoms with Gasteiger partial charge in [-0.1, -0.05) is 30.3 Å². The number of ether oxygens (including phenoxy) is 1. The summed E-state index contributed by atoms with van der Waals surface area (Å²) in [6, 6.07) is 17.4. The second kappa shape index (κ2) is 9.28. The Morgan fingerprint density at radius 2 is 1.65 bits per heavy atom. The summed E-state index contributed by atoms with van der Waals surface area (Å²) >= 11 is 0. The highest BCUT2D eigenvalue weighted by Gasteiger charge is 2.18. The van der Waals surface area contributed by atoms with Crippen molar-refractivity contribution in [2.24, 2.45) is 5.14 Å². The molecule has 162 valence electrons. The molecule has 0 unspecified atom stereocenters. The van der Waals surface area contributed by atoms with Gasteiger partial charge in [0.15, 0.2) is 6.61 Å². The fraction of sp³-hybridized carbons (Fsp3) is 0.217. The highest BCUT2D eigenvalue weighted by atomic mass is 32.2. The third-order valence-corrected chi connectivity index (χ3v) is 5.91. The molecule has 0 fully saturated rings. The van der Waals surface area contributed by atoms with Crippen LogP contribution >= 0.6 is 0 Å². The van der Waals surface area contributed by atoms with Crippen molar-refractivity contribution in [3.63, 3.8) is 0 Å². The third-order valence-electron chi connectivity index (χ3n) is 4.98. The van der Waals surface area contributed by atoms with Gasteiger partial charge in [-0.2, -0.15) is 0 Å². The van der Waals surface area contributed by atoms with Crippen molar-refractivity contribution < 1.29 is 22.7 Å². The number of rotatable bonds is 8. The van der Waals surface area contributed by atoms with Gasteiger partial charge in [0.25, 0.3) is 0 Å². The van der Waals surface area contributed by atoms with Crippen LogP contribution in [0.4, 0.5) is 0 Å². The minimum absolute atomic E-state index is 0.0115. The molecule has 1 heterocycles. The van der Waals surface area contributed by atoms with Gasteiger partial charge in [0, 0.05) is 29.1 Å². The number of benzene rings is 2. The van der Waals surface area contributed by atoms with Crippen LogP contribution in [0.3, 0.4) is 0 Å². The number of ketones is 1. The summed E-state index contributed by atoms with van der Waals surface area (Å²) in [5, 5.41) is 5.14. The van der Waals surface area contributed by atoms with Crippen molar-refractivity contribution in [1.82, 2.24) is 4.57 Å². The molecule has 0 amide bonds. The van der Waals surface area contributed by atoms with E-state index in [0.29, 0.717) is 23.4 Å². The maximum absolute atomic E-state index is 12.6. The average molecular weight is 441 g/mol. The molecule has 0 aliphatic rings. The molecule has 3 aromatic rings. The van der Waals surface area contributed by atoms with E-state index >= 15 is 0 Å². The van der Waals surface area contributed by atoms with Gasteiger partial charge in [-0.25, -0.2) is 13.6 Å². The molecule has 0 bridgehead atoms. The number of nitrogens with two attached hydrogens (primary N) is 1. The predicted molar refractivity (Wildman–Crippen MR) is 117 cm³/mol. The summed E-state index contributed by atoms with van der Waals surface area (Å²) in [5.41, 5.74) is 3.64. The lowest BCUT2D eigenvalue weighted by atomic mass is 10.1. The summed E-state index contributed by atoms with van der Waals surface area (Å²) in [7, 11) is -3.78. The van der Waals surface area contributed by atoms with Crippen LogP contribution in [0.1, 0.15) is 33.7 Å². The molecule has 31 heavy (non-hydrogen) atoms. The first kappa shape index (κ1) is 22.5. The minimum Gasteiger partial charge on any atom is -0.457 e. The molecule has 2 N–H and O–H groups in total. The second-order valence-electron chi connectivity index (χ2n) is 7.23. The Morgan fingerprint density at radius 3 is 2.26 bits per heavy atom. The number of Topliss-reactive ketones (excluding diaryl/α,β-unsaturated/α-hetero) is 1. The lowest BCUT2D eigenvalue weighted by molar-refractivity contribution is -0.142. The molecule has 0 spiro atoms. The van der Waals surface area contributed by atoms with E-state index < -0.39 is 16.0 Å². The molecule has 0 radical (unpaired) electrons. The molecule has 0 saturated heterocycles. The molecular formula is C23H24N2O5S. The van der Waals surface area contributed by atoms with E-state index in [2.05, 4.69) is 0 Å². The number of primary sulfonamides is 1. The van der Waals surface area contributed by atoms with Crippen molar-refractivity contribution >= 4 is 21.8 Å². The average Bonchev–Trinajstić information content (AvgIpc) is 3.04. The molecule has 8 heteroatoms. The highest BCUT2D eigenvalue weighted by Crippen LogP contribution is 2.22. The Balaban J connectivity index is 1.66. The van der Waals surface area contributed by atoms with E-state index in [4.69, 9.17) is 9.88 Å². The number of hydrogen-bond acceptors (Lipinski definition) is 5. The van der Waals surface area contributed by atoms with Gasteiger partial charge in [0.1, 0.15) is 0 Å². The smallest absolute Gasteiger partial charge is 0.306 e. The molecule has 2 aromatic carbocycles. The number of sulfonamides is 1. The van der Waals surface area contributed by atoms with Gasteiger partial charge in [-0.3, -0.25) is 9.59 Å². The standard InChI is InChI=1S/C23H24N2O5S/c1-16-14-21(17(2)25(16)19-9-11-20(12-10-19)31(24,28)29)22(26)15-30-23(27)13-8-18-6-4-3-5-7-18/h3-7,9-12,14H,8,13,15H2,1-2H3,(H2,24,28,29). The number of carbonyl (C=O) groups excluding carboxylic acids is 2. The van der Waals surface area contributed by atoms with Crippen molar-refractivity contribution in [3.8, 4) is 5.69 Å². The number of carbonyl (C=O) groups is 2. The van der Waals surface area contributed by atoms with Crippen molar-refractivity contribution in [2.75, 3.05) is 6.61 Å².